The molecule has 0 saturated carbocycles. The van der Waals surface area contributed by atoms with E-state index in [1.54, 1.807) is 0 Å². The van der Waals surface area contributed by atoms with E-state index in [1.807, 2.05) is 0 Å². The molecular formula is C15H32Na. The third-order valence-electron chi connectivity index (χ3n) is 3.21. The molecule has 0 aromatic carbocycles. The monoisotopic (exact) mass is 235 g/mol. The number of hydrogen-bond donors (Lipinski definition) is 0. The fourth-order valence-electron chi connectivity index (χ4n) is 2.04. The van der Waals surface area contributed by atoms with Crippen LogP contribution in [0, 0.1) is 18.3 Å². The predicted molar refractivity (Wildman–Crippen MR) is 78.1 cm³/mol. The first kappa shape index (κ1) is 19.3. The van der Waals surface area contributed by atoms with E-state index in [0.717, 1.165) is 11.8 Å². The van der Waals surface area contributed by atoms with Crippen LogP contribution >= 0.6 is 0 Å². The Bertz CT molecular complexity index is 121. The van der Waals surface area contributed by atoms with Crippen LogP contribution in [-0.4, -0.2) is 29.6 Å². The van der Waals surface area contributed by atoms with Crippen molar-refractivity contribution in [3.63, 3.8) is 0 Å². The maximum absolute atomic E-state index is 2.49. The van der Waals surface area contributed by atoms with Crippen molar-refractivity contribution in [2.24, 2.45) is 11.8 Å². The summed E-state index contributed by atoms with van der Waals surface area (Å²) in [5.41, 5.74) is 0. The van der Waals surface area contributed by atoms with E-state index in [4.69, 9.17) is 0 Å². The molecular weight excluding hydrogens is 203 g/mol. The van der Waals surface area contributed by atoms with Gasteiger partial charge in [0.25, 0.3) is 0 Å². The number of hydrogen-bond acceptors (Lipinski definition) is 0. The Morgan fingerprint density at radius 3 is 2.19 bits per heavy atom. The molecule has 0 aliphatic heterocycles. The summed E-state index contributed by atoms with van der Waals surface area (Å²) in [6.45, 7) is 9.24. The van der Waals surface area contributed by atoms with Crippen LogP contribution in [-0.2, 0) is 0 Å². The van der Waals surface area contributed by atoms with Crippen molar-refractivity contribution in [1.29, 1.82) is 0 Å². The molecule has 0 rings (SSSR count). The Morgan fingerprint density at radius 2 is 1.69 bits per heavy atom. The zero-order valence-electron chi connectivity index (χ0n) is 11.4. The van der Waals surface area contributed by atoms with Crippen molar-refractivity contribution in [3.8, 4) is 0 Å². The molecule has 16 heavy (non-hydrogen) atoms. The summed E-state index contributed by atoms with van der Waals surface area (Å²) in [6.07, 6.45) is 13.6. The van der Waals surface area contributed by atoms with Gasteiger partial charge in [0.05, 0.1) is 0 Å². The van der Waals surface area contributed by atoms with Crippen LogP contribution in [0.5, 0.6) is 0 Å². The van der Waals surface area contributed by atoms with Crippen molar-refractivity contribution in [3.05, 3.63) is 6.42 Å². The Morgan fingerprint density at radius 1 is 1.00 bits per heavy atom. The molecule has 1 heteroatoms. The van der Waals surface area contributed by atoms with Gasteiger partial charge in [-0.25, -0.2) is 0 Å². The molecule has 0 amide bonds. The molecule has 93 valence electrons. The van der Waals surface area contributed by atoms with Crippen LogP contribution < -0.4 is 0 Å². The van der Waals surface area contributed by atoms with Crippen molar-refractivity contribution < 1.29 is 0 Å². The van der Waals surface area contributed by atoms with Crippen LogP contribution in [0.3, 0.4) is 0 Å². The molecule has 0 aliphatic carbocycles. The molecule has 0 nitrogen and oxygen atoms in total. The third kappa shape index (κ3) is 13.1. The van der Waals surface area contributed by atoms with E-state index in [9.17, 15) is 0 Å². The van der Waals surface area contributed by atoms with Gasteiger partial charge in [-0.3, -0.25) is 0 Å². The topological polar surface area (TPSA) is 0 Å². The Labute approximate surface area is 126 Å². The first-order valence-electron chi connectivity index (χ1n) is 7.02. The van der Waals surface area contributed by atoms with Crippen molar-refractivity contribution in [1.82, 2.24) is 0 Å². The summed E-state index contributed by atoms with van der Waals surface area (Å²) in [7, 11) is 0. The predicted octanol–water partition coefficient (Wildman–Crippen LogP) is 4.97. The summed E-state index contributed by atoms with van der Waals surface area (Å²) in [5, 5.41) is 0. The minimum absolute atomic E-state index is 0. The average molecular weight is 235 g/mol. The normalized spacial score (nSPS) is 12.6. The summed E-state index contributed by atoms with van der Waals surface area (Å²) in [4.78, 5) is 0. The van der Waals surface area contributed by atoms with Crippen LogP contribution in [0.25, 0.3) is 0 Å². The Kier molecular flexibility index (Phi) is 17.0. The first-order valence-corrected chi connectivity index (χ1v) is 7.02. The number of unbranched alkanes of at least 4 members (excludes halogenated alkanes) is 3. The molecule has 0 bridgehead atoms. The Balaban J connectivity index is 0. The van der Waals surface area contributed by atoms with Gasteiger partial charge in [-0.1, -0.05) is 66.2 Å². The van der Waals surface area contributed by atoms with Crippen LogP contribution in [0.2, 0.25) is 0 Å². The summed E-state index contributed by atoms with van der Waals surface area (Å²) in [6, 6.07) is 0. The fourth-order valence-corrected chi connectivity index (χ4v) is 2.04. The standard InChI is InChI=1S/C15H31.Na.H/c1-5-7-8-12-15(6-2)13-10-9-11-14(3)4;;/h9,14-15H,5-8,10-13H2,1-4H3;;. The van der Waals surface area contributed by atoms with Gasteiger partial charge in [0.15, 0.2) is 0 Å². The molecule has 1 radical (unpaired) electrons. The average Bonchev–Trinajstić information content (AvgIpc) is 2.21. The second-order valence-electron chi connectivity index (χ2n) is 5.27. The van der Waals surface area contributed by atoms with Gasteiger partial charge in [-0.2, -0.15) is 0 Å². The maximum atomic E-state index is 2.49. The van der Waals surface area contributed by atoms with E-state index in [1.165, 1.54) is 51.4 Å². The van der Waals surface area contributed by atoms with Gasteiger partial charge in [0, 0.05) is 0 Å². The van der Waals surface area contributed by atoms with Crippen molar-refractivity contribution in [2.75, 3.05) is 0 Å². The molecule has 0 aromatic rings. The molecule has 0 N–H and O–H groups in total. The molecule has 0 saturated heterocycles. The molecule has 1 atom stereocenters. The number of rotatable bonds is 10. The van der Waals surface area contributed by atoms with Crippen molar-refractivity contribution >= 4 is 29.6 Å². The van der Waals surface area contributed by atoms with E-state index >= 15 is 0 Å². The van der Waals surface area contributed by atoms with Gasteiger partial charge in [-0.15, -0.1) is 0 Å². The summed E-state index contributed by atoms with van der Waals surface area (Å²) >= 11 is 0. The summed E-state index contributed by atoms with van der Waals surface area (Å²) < 4.78 is 0. The molecule has 0 aromatic heterocycles. The van der Waals surface area contributed by atoms with E-state index in [0.29, 0.717) is 0 Å². The fraction of sp³-hybridized carbons (Fsp3) is 0.933. The SMILES string of the molecule is CCCCCC(CC)CC[CH]CC(C)C.[NaH]. The van der Waals surface area contributed by atoms with Gasteiger partial charge in [0.1, 0.15) is 0 Å². The second kappa shape index (κ2) is 14.1. The quantitative estimate of drug-likeness (QED) is 0.370. The molecule has 0 fully saturated rings. The Hall–Kier alpha value is 1.00. The third-order valence-corrected chi connectivity index (χ3v) is 3.21. The zero-order valence-corrected chi connectivity index (χ0v) is 11.4. The van der Waals surface area contributed by atoms with Gasteiger partial charge in [0.2, 0.25) is 0 Å². The molecule has 0 aliphatic rings. The van der Waals surface area contributed by atoms with Gasteiger partial charge in [-0.05, 0) is 31.1 Å². The van der Waals surface area contributed by atoms with E-state index in [2.05, 4.69) is 34.1 Å². The van der Waals surface area contributed by atoms with Crippen LogP contribution in [0.4, 0.5) is 0 Å². The second-order valence-corrected chi connectivity index (χ2v) is 5.27. The van der Waals surface area contributed by atoms with Crippen LogP contribution in [0.1, 0.15) is 79.1 Å². The van der Waals surface area contributed by atoms with Crippen LogP contribution in [0.15, 0.2) is 0 Å². The van der Waals surface area contributed by atoms with Crippen molar-refractivity contribution in [2.45, 2.75) is 79.1 Å². The van der Waals surface area contributed by atoms with E-state index in [-0.39, 0.29) is 29.6 Å². The molecule has 0 spiro atoms. The molecule has 0 heterocycles. The van der Waals surface area contributed by atoms with Gasteiger partial charge < -0.3 is 0 Å². The van der Waals surface area contributed by atoms with Gasteiger partial charge >= 0.3 is 29.6 Å². The molecule has 1 unspecified atom stereocenters. The zero-order chi connectivity index (χ0) is 11.5. The summed E-state index contributed by atoms with van der Waals surface area (Å²) in [5.74, 6) is 1.82. The minimum atomic E-state index is 0. The van der Waals surface area contributed by atoms with E-state index < -0.39 is 0 Å². The first-order chi connectivity index (χ1) is 7.20.